The number of hydrogen-bond donors (Lipinski definition) is 0. The molecule has 0 radical (unpaired) electrons. The number of hydrogen-bond acceptors (Lipinski definition) is 3. The maximum atomic E-state index is 10.3. The van der Waals surface area contributed by atoms with Crippen LogP contribution in [0.2, 0.25) is 0 Å². The van der Waals surface area contributed by atoms with Gasteiger partial charge in [0.2, 0.25) is 0 Å². The van der Waals surface area contributed by atoms with Crippen LogP contribution in [0.3, 0.4) is 0 Å². The molecule has 0 aliphatic rings. The molecule has 0 bridgehead atoms. The van der Waals surface area contributed by atoms with E-state index in [0.717, 1.165) is 0 Å². The number of carbonyl (C=O) groups is 1. The lowest BCUT2D eigenvalue weighted by Crippen LogP contribution is -2.49. The van der Waals surface area contributed by atoms with Crippen molar-refractivity contribution in [2.45, 2.75) is 6.92 Å². The van der Waals surface area contributed by atoms with E-state index in [1.54, 1.807) is 0 Å². The van der Waals surface area contributed by atoms with Crippen molar-refractivity contribution in [3.05, 3.63) is 0 Å². The van der Waals surface area contributed by atoms with Gasteiger partial charge in [0, 0.05) is 6.61 Å². The topological polar surface area (TPSA) is 49.4 Å². The number of ether oxygens (including phenoxy) is 1. The van der Waals surface area contributed by atoms with Gasteiger partial charge in [0.25, 0.3) is 0 Å². The van der Waals surface area contributed by atoms with E-state index >= 15 is 0 Å². The molecule has 0 aliphatic carbocycles. The van der Waals surface area contributed by atoms with Gasteiger partial charge in [0.1, 0.15) is 13.1 Å². The Kier molecular flexibility index (Phi) is 4.85. The fourth-order valence-corrected chi connectivity index (χ4v) is 0.885. The molecule has 12 heavy (non-hydrogen) atoms. The van der Waals surface area contributed by atoms with E-state index in [4.69, 9.17) is 4.74 Å². The summed E-state index contributed by atoms with van der Waals surface area (Å²) < 4.78 is 5.53. The number of carboxylic acid groups (broad SMARTS) is 1. The second kappa shape index (κ2) is 5.11. The standard InChI is InChI=1S/C8H17NO3/c1-4-12-6-5-9(2,3)7-8(10)11/h4-7H2,1-3H3. The minimum Gasteiger partial charge on any atom is -0.544 e. The molecule has 0 saturated carbocycles. The van der Waals surface area contributed by atoms with Crippen molar-refractivity contribution in [3.63, 3.8) is 0 Å². The van der Waals surface area contributed by atoms with E-state index < -0.39 is 5.97 Å². The number of carboxylic acids is 1. The summed E-state index contributed by atoms with van der Waals surface area (Å²) in [5, 5.41) is 10.3. The minimum atomic E-state index is -1.02. The molecule has 0 saturated heterocycles. The Bertz CT molecular complexity index is 145. The first-order valence-electron chi connectivity index (χ1n) is 4.07. The number of rotatable bonds is 6. The van der Waals surface area contributed by atoms with Gasteiger partial charge in [0.15, 0.2) is 0 Å². The molecule has 0 spiro atoms. The number of carbonyl (C=O) groups excluding carboxylic acids is 1. The SMILES string of the molecule is CCOCC[N+](C)(C)CC(=O)[O-]. The summed E-state index contributed by atoms with van der Waals surface area (Å²) in [5.74, 6) is -1.02. The van der Waals surface area contributed by atoms with Crippen LogP contribution in [0.25, 0.3) is 0 Å². The third kappa shape index (κ3) is 6.12. The predicted molar refractivity (Wildman–Crippen MR) is 43.3 cm³/mol. The van der Waals surface area contributed by atoms with Crippen LogP contribution in [0, 0.1) is 0 Å². The average Bonchev–Trinajstić information content (AvgIpc) is 1.84. The van der Waals surface area contributed by atoms with Crippen molar-refractivity contribution in [1.29, 1.82) is 0 Å². The first-order chi connectivity index (χ1) is 5.48. The van der Waals surface area contributed by atoms with Crippen LogP contribution in [0.15, 0.2) is 0 Å². The third-order valence-corrected chi connectivity index (χ3v) is 1.60. The summed E-state index contributed by atoms with van der Waals surface area (Å²) in [5.41, 5.74) is 0. The molecule has 0 aliphatic heterocycles. The molecule has 0 fully saturated rings. The molecule has 4 nitrogen and oxygen atoms in total. The molecule has 0 unspecified atom stereocenters. The van der Waals surface area contributed by atoms with Gasteiger partial charge in [-0.1, -0.05) is 0 Å². The molecule has 0 amide bonds. The number of aliphatic carboxylic acids is 1. The third-order valence-electron chi connectivity index (χ3n) is 1.60. The molecule has 0 aromatic heterocycles. The molecule has 72 valence electrons. The van der Waals surface area contributed by atoms with Crippen molar-refractivity contribution in [1.82, 2.24) is 0 Å². The van der Waals surface area contributed by atoms with E-state index in [-0.39, 0.29) is 6.54 Å². The lowest BCUT2D eigenvalue weighted by Gasteiger charge is -2.29. The number of likely N-dealkylation sites (N-methyl/N-ethyl adjacent to an activating group) is 1. The first-order valence-corrected chi connectivity index (χ1v) is 4.07. The smallest absolute Gasteiger partial charge is 0.119 e. The van der Waals surface area contributed by atoms with E-state index in [1.165, 1.54) is 0 Å². The normalized spacial score (nSPS) is 11.6. The Morgan fingerprint density at radius 1 is 1.50 bits per heavy atom. The fourth-order valence-electron chi connectivity index (χ4n) is 0.885. The van der Waals surface area contributed by atoms with Gasteiger partial charge < -0.3 is 19.1 Å². The Hall–Kier alpha value is -0.610. The highest BCUT2D eigenvalue weighted by molar-refractivity contribution is 5.65. The molecular weight excluding hydrogens is 158 g/mol. The monoisotopic (exact) mass is 175 g/mol. The Morgan fingerprint density at radius 3 is 2.50 bits per heavy atom. The summed E-state index contributed by atoms with van der Waals surface area (Å²) in [6, 6.07) is 0. The highest BCUT2D eigenvalue weighted by atomic mass is 16.5. The molecule has 4 heteroatoms. The molecule has 0 rings (SSSR count). The first kappa shape index (κ1) is 11.4. The van der Waals surface area contributed by atoms with Gasteiger partial charge in [0.05, 0.1) is 26.7 Å². The molecule has 0 atom stereocenters. The maximum Gasteiger partial charge on any atom is 0.119 e. The highest BCUT2D eigenvalue weighted by Gasteiger charge is 2.14. The summed E-state index contributed by atoms with van der Waals surface area (Å²) in [7, 11) is 3.68. The molecule has 0 N–H and O–H groups in total. The Balaban J connectivity index is 3.63. The van der Waals surface area contributed by atoms with Crippen molar-refractivity contribution in [2.24, 2.45) is 0 Å². The van der Waals surface area contributed by atoms with Crippen molar-refractivity contribution < 1.29 is 19.1 Å². The fraction of sp³-hybridized carbons (Fsp3) is 0.875. The zero-order valence-electron chi connectivity index (χ0n) is 8.00. The molecule has 0 heterocycles. The van der Waals surface area contributed by atoms with Crippen LogP contribution in [-0.2, 0) is 9.53 Å². The number of nitrogens with zero attached hydrogens (tertiary/aromatic N) is 1. The van der Waals surface area contributed by atoms with Crippen molar-refractivity contribution >= 4 is 5.97 Å². The summed E-state index contributed by atoms with van der Waals surface area (Å²) >= 11 is 0. The quantitative estimate of drug-likeness (QED) is 0.378. The van der Waals surface area contributed by atoms with Crippen LogP contribution in [0.4, 0.5) is 0 Å². The van der Waals surface area contributed by atoms with Crippen molar-refractivity contribution in [3.8, 4) is 0 Å². The van der Waals surface area contributed by atoms with Gasteiger partial charge in [-0.2, -0.15) is 0 Å². The predicted octanol–water partition coefficient (Wildman–Crippen LogP) is -1.15. The minimum absolute atomic E-state index is 0.0348. The van der Waals surface area contributed by atoms with E-state index in [0.29, 0.717) is 24.2 Å². The second-order valence-electron chi connectivity index (χ2n) is 3.39. The largest absolute Gasteiger partial charge is 0.544 e. The van der Waals surface area contributed by atoms with Crippen LogP contribution in [-0.4, -0.2) is 50.9 Å². The van der Waals surface area contributed by atoms with Crippen LogP contribution in [0.1, 0.15) is 6.92 Å². The van der Waals surface area contributed by atoms with E-state index in [2.05, 4.69) is 0 Å². The van der Waals surface area contributed by atoms with E-state index in [9.17, 15) is 9.90 Å². The van der Waals surface area contributed by atoms with Gasteiger partial charge in [-0.05, 0) is 6.92 Å². The van der Waals surface area contributed by atoms with Gasteiger partial charge in [-0.3, -0.25) is 0 Å². The lowest BCUT2D eigenvalue weighted by atomic mass is 10.4. The van der Waals surface area contributed by atoms with Crippen LogP contribution < -0.4 is 5.11 Å². The summed E-state index contributed by atoms with van der Waals surface area (Å²) in [6.07, 6.45) is 0. The molecular formula is C8H17NO3. The van der Waals surface area contributed by atoms with Crippen molar-refractivity contribution in [2.75, 3.05) is 40.4 Å². The Morgan fingerprint density at radius 2 is 2.08 bits per heavy atom. The maximum absolute atomic E-state index is 10.3. The summed E-state index contributed by atoms with van der Waals surface area (Å²) in [4.78, 5) is 10.3. The van der Waals surface area contributed by atoms with Crippen LogP contribution in [0.5, 0.6) is 0 Å². The Labute approximate surface area is 73.3 Å². The zero-order valence-corrected chi connectivity index (χ0v) is 8.00. The van der Waals surface area contributed by atoms with Gasteiger partial charge in [-0.15, -0.1) is 0 Å². The number of quaternary nitrogens is 1. The average molecular weight is 175 g/mol. The lowest BCUT2D eigenvalue weighted by molar-refractivity contribution is -0.885. The zero-order chi connectivity index (χ0) is 9.61. The molecule has 0 aromatic rings. The molecule has 0 aromatic carbocycles. The second-order valence-corrected chi connectivity index (χ2v) is 3.39. The highest BCUT2D eigenvalue weighted by Crippen LogP contribution is 1.94. The van der Waals surface area contributed by atoms with Gasteiger partial charge >= 0.3 is 0 Å². The van der Waals surface area contributed by atoms with Gasteiger partial charge in [-0.25, -0.2) is 0 Å². The van der Waals surface area contributed by atoms with E-state index in [1.807, 2.05) is 21.0 Å². The van der Waals surface area contributed by atoms with Crippen LogP contribution >= 0.6 is 0 Å². The summed E-state index contributed by atoms with van der Waals surface area (Å²) in [6.45, 7) is 3.91.